The van der Waals surface area contributed by atoms with Crippen LogP contribution in [0.5, 0.6) is 0 Å². The zero-order chi connectivity index (χ0) is 17.0. The van der Waals surface area contributed by atoms with E-state index in [1.165, 1.54) is 6.07 Å². The zero-order valence-corrected chi connectivity index (χ0v) is 15.0. The lowest BCUT2D eigenvalue weighted by molar-refractivity contribution is 0.0845. The maximum atomic E-state index is 13.4. The topological polar surface area (TPSA) is 67.6 Å². The second-order valence-corrected chi connectivity index (χ2v) is 7.08. The Labute approximate surface area is 144 Å². The van der Waals surface area contributed by atoms with Crippen LogP contribution in [0.3, 0.4) is 0 Å². The molecular formula is C16H23BrFN3O2. The average Bonchev–Trinajstić information content (AvgIpc) is 2.51. The molecule has 1 fully saturated rings. The summed E-state index contributed by atoms with van der Waals surface area (Å²) in [7, 11) is 0. The van der Waals surface area contributed by atoms with Crippen molar-refractivity contribution in [3.05, 3.63) is 22.4 Å². The molecule has 1 heterocycles. The lowest BCUT2D eigenvalue weighted by Crippen LogP contribution is -2.43. The van der Waals surface area contributed by atoms with Gasteiger partial charge in [-0.3, -0.25) is 0 Å². The summed E-state index contributed by atoms with van der Waals surface area (Å²) in [5.41, 5.74) is 6.93. The van der Waals surface area contributed by atoms with Gasteiger partial charge in [0, 0.05) is 25.2 Å². The van der Waals surface area contributed by atoms with Crippen molar-refractivity contribution in [3.8, 4) is 0 Å². The van der Waals surface area contributed by atoms with E-state index in [-0.39, 0.29) is 18.0 Å². The largest absolute Gasteiger partial charge is 0.449 e. The number of amides is 1. The minimum absolute atomic E-state index is 0.198. The molecular weight excluding hydrogens is 365 g/mol. The molecule has 1 aliphatic rings. The van der Waals surface area contributed by atoms with Crippen LogP contribution >= 0.6 is 15.9 Å². The van der Waals surface area contributed by atoms with Gasteiger partial charge < -0.3 is 20.7 Å². The predicted octanol–water partition coefficient (Wildman–Crippen LogP) is 3.84. The van der Waals surface area contributed by atoms with Gasteiger partial charge in [0.2, 0.25) is 0 Å². The maximum Gasteiger partial charge on any atom is 0.409 e. The quantitative estimate of drug-likeness (QED) is 0.770. The molecule has 1 aliphatic heterocycles. The molecule has 1 aromatic carbocycles. The van der Waals surface area contributed by atoms with E-state index < -0.39 is 0 Å². The predicted molar refractivity (Wildman–Crippen MR) is 92.9 cm³/mol. The molecule has 1 saturated heterocycles. The van der Waals surface area contributed by atoms with Gasteiger partial charge in [-0.2, -0.15) is 0 Å². The Morgan fingerprint density at radius 1 is 1.48 bits per heavy atom. The van der Waals surface area contributed by atoms with Gasteiger partial charge >= 0.3 is 6.09 Å². The highest BCUT2D eigenvalue weighted by molar-refractivity contribution is 9.10. The number of benzene rings is 1. The van der Waals surface area contributed by atoms with Crippen molar-refractivity contribution in [1.29, 1.82) is 0 Å². The minimum Gasteiger partial charge on any atom is -0.449 e. The van der Waals surface area contributed by atoms with Crippen molar-refractivity contribution < 1.29 is 13.9 Å². The number of nitrogen functional groups attached to an aromatic ring is 1. The summed E-state index contributed by atoms with van der Waals surface area (Å²) in [6, 6.07) is 3.14. The third-order valence-corrected chi connectivity index (χ3v) is 4.35. The third-order valence-electron chi connectivity index (χ3n) is 3.75. The van der Waals surface area contributed by atoms with Gasteiger partial charge in [-0.05, 0) is 40.8 Å². The lowest BCUT2D eigenvalue weighted by atomic mass is 10.0. The number of hydrogen-bond acceptors (Lipinski definition) is 4. The van der Waals surface area contributed by atoms with Crippen molar-refractivity contribution in [2.75, 3.05) is 30.7 Å². The second kappa shape index (κ2) is 7.86. The molecule has 0 spiro atoms. The van der Waals surface area contributed by atoms with Crippen molar-refractivity contribution in [3.63, 3.8) is 0 Å². The van der Waals surface area contributed by atoms with Crippen molar-refractivity contribution in [2.45, 2.75) is 32.7 Å². The number of nitrogens with one attached hydrogen (secondary N) is 1. The van der Waals surface area contributed by atoms with Crippen LogP contribution < -0.4 is 11.1 Å². The van der Waals surface area contributed by atoms with Crippen LogP contribution in [0.2, 0.25) is 0 Å². The van der Waals surface area contributed by atoms with Crippen LogP contribution in [-0.2, 0) is 4.74 Å². The van der Waals surface area contributed by atoms with E-state index in [0.717, 1.165) is 12.8 Å². The zero-order valence-electron chi connectivity index (χ0n) is 13.4. The molecule has 1 aromatic rings. The number of likely N-dealkylation sites (tertiary alicyclic amines) is 1. The Morgan fingerprint density at radius 3 is 2.74 bits per heavy atom. The molecule has 5 nitrogen and oxygen atoms in total. The molecule has 0 aromatic heterocycles. The fraction of sp³-hybridized carbons (Fsp3) is 0.562. The third kappa shape index (κ3) is 4.99. The van der Waals surface area contributed by atoms with Crippen molar-refractivity contribution in [1.82, 2.24) is 4.90 Å². The molecule has 0 radical (unpaired) electrons. The number of piperidine rings is 1. The summed E-state index contributed by atoms with van der Waals surface area (Å²) in [5.74, 6) is -0.0474. The summed E-state index contributed by atoms with van der Waals surface area (Å²) in [6.45, 7) is 5.73. The monoisotopic (exact) mass is 387 g/mol. The number of nitrogens with two attached hydrogens (primary N) is 1. The molecule has 0 saturated carbocycles. The van der Waals surface area contributed by atoms with Gasteiger partial charge in [0.25, 0.3) is 0 Å². The Bertz CT molecular complexity index is 561. The Morgan fingerprint density at radius 2 is 2.13 bits per heavy atom. The van der Waals surface area contributed by atoms with E-state index in [2.05, 4.69) is 21.2 Å². The second-order valence-electron chi connectivity index (χ2n) is 6.23. The number of nitrogens with zero attached hydrogens (tertiary/aromatic N) is 1. The Balaban J connectivity index is 1.85. The van der Waals surface area contributed by atoms with Gasteiger partial charge in [0.15, 0.2) is 0 Å². The molecule has 2 rings (SSSR count). The molecule has 0 aliphatic carbocycles. The van der Waals surface area contributed by atoms with Crippen LogP contribution in [0.1, 0.15) is 26.7 Å². The number of rotatable bonds is 4. The van der Waals surface area contributed by atoms with Gasteiger partial charge in [-0.15, -0.1) is 0 Å². The highest BCUT2D eigenvalue weighted by Crippen LogP contribution is 2.28. The van der Waals surface area contributed by atoms with Crippen LogP contribution in [0.15, 0.2) is 16.6 Å². The van der Waals surface area contributed by atoms with E-state index in [1.54, 1.807) is 11.0 Å². The fourth-order valence-corrected chi connectivity index (χ4v) is 2.79. The first-order chi connectivity index (χ1) is 10.9. The normalized spacial score (nSPS) is 15.8. The molecule has 0 unspecified atom stereocenters. The van der Waals surface area contributed by atoms with E-state index in [1.807, 2.05) is 13.8 Å². The standard InChI is InChI=1S/C16H23BrFN3O2/c1-10(2)9-23-16(22)21-5-3-11(4-6-21)20-15-7-12(17)13(18)8-14(15)19/h7-8,10-11,20H,3-6,9,19H2,1-2H3. The number of carbonyl (C=O) groups is 1. The maximum absolute atomic E-state index is 13.4. The van der Waals surface area contributed by atoms with Gasteiger partial charge in [0.05, 0.1) is 22.5 Å². The molecule has 3 N–H and O–H groups in total. The van der Waals surface area contributed by atoms with Crippen molar-refractivity contribution in [2.24, 2.45) is 5.92 Å². The SMILES string of the molecule is CC(C)COC(=O)N1CCC(Nc2cc(Br)c(F)cc2N)CC1. The average molecular weight is 388 g/mol. The summed E-state index contributed by atoms with van der Waals surface area (Å²) in [5, 5.41) is 3.33. The first-order valence-electron chi connectivity index (χ1n) is 7.79. The van der Waals surface area contributed by atoms with Crippen LogP contribution in [0, 0.1) is 11.7 Å². The van der Waals surface area contributed by atoms with E-state index in [4.69, 9.17) is 10.5 Å². The van der Waals surface area contributed by atoms with Crippen LogP contribution in [0.25, 0.3) is 0 Å². The minimum atomic E-state index is -0.379. The Kier molecular flexibility index (Phi) is 6.10. The lowest BCUT2D eigenvalue weighted by Gasteiger charge is -2.32. The molecule has 0 atom stereocenters. The summed E-state index contributed by atoms with van der Waals surface area (Å²) < 4.78 is 19.0. The first-order valence-corrected chi connectivity index (χ1v) is 8.59. The van der Waals surface area contributed by atoms with E-state index in [0.29, 0.717) is 41.5 Å². The number of anilines is 2. The number of carbonyl (C=O) groups excluding carboxylic acids is 1. The molecule has 23 heavy (non-hydrogen) atoms. The van der Waals surface area contributed by atoms with Gasteiger partial charge in [-0.25, -0.2) is 9.18 Å². The van der Waals surface area contributed by atoms with Crippen LogP contribution in [-0.4, -0.2) is 36.7 Å². The van der Waals surface area contributed by atoms with Crippen molar-refractivity contribution >= 4 is 33.4 Å². The highest BCUT2D eigenvalue weighted by atomic mass is 79.9. The summed E-state index contributed by atoms with van der Waals surface area (Å²) in [4.78, 5) is 13.6. The van der Waals surface area contributed by atoms with E-state index >= 15 is 0 Å². The van der Waals surface area contributed by atoms with E-state index in [9.17, 15) is 9.18 Å². The number of hydrogen-bond donors (Lipinski definition) is 2. The molecule has 7 heteroatoms. The fourth-order valence-electron chi connectivity index (χ4n) is 2.44. The van der Waals surface area contributed by atoms with Gasteiger partial charge in [-0.1, -0.05) is 13.8 Å². The smallest absolute Gasteiger partial charge is 0.409 e. The van der Waals surface area contributed by atoms with Crippen LogP contribution in [0.4, 0.5) is 20.6 Å². The summed E-state index contributed by atoms with van der Waals surface area (Å²) >= 11 is 3.16. The first kappa shape index (κ1) is 17.8. The highest BCUT2D eigenvalue weighted by Gasteiger charge is 2.24. The summed E-state index contributed by atoms with van der Waals surface area (Å²) in [6.07, 6.45) is 1.34. The molecule has 128 valence electrons. The molecule has 0 bridgehead atoms. The van der Waals surface area contributed by atoms with Gasteiger partial charge in [0.1, 0.15) is 5.82 Å². The number of halogens is 2. The molecule has 1 amide bonds. The Hall–Kier alpha value is -1.50. The number of ether oxygens (including phenoxy) is 1.